The summed E-state index contributed by atoms with van der Waals surface area (Å²) in [5.74, 6) is 0.817. The van der Waals surface area contributed by atoms with Gasteiger partial charge in [-0.1, -0.05) is 38.3 Å². The molecule has 3 rings (SSSR count). The Labute approximate surface area is 108 Å². The number of fused-ring (bicyclic) bond motifs is 1. The molecule has 18 heavy (non-hydrogen) atoms. The van der Waals surface area contributed by atoms with E-state index in [1.54, 1.807) is 0 Å². The zero-order valence-electron chi connectivity index (χ0n) is 10.9. The van der Waals surface area contributed by atoms with Gasteiger partial charge in [-0.2, -0.15) is 5.10 Å². The fourth-order valence-electron chi connectivity index (χ4n) is 3.18. The molecule has 0 amide bonds. The Morgan fingerprint density at radius 3 is 3.11 bits per heavy atom. The van der Waals surface area contributed by atoms with E-state index in [4.69, 9.17) is 0 Å². The second kappa shape index (κ2) is 5.01. The van der Waals surface area contributed by atoms with Crippen LogP contribution in [0.3, 0.4) is 0 Å². The first kappa shape index (κ1) is 11.6. The molecule has 2 aromatic rings. The van der Waals surface area contributed by atoms with Crippen LogP contribution in [0, 0.1) is 5.92 Å². The van der Waals surface area contributed by atoms with Crippen molar-refractivity contribution in [3.63, 3.8) is 0 Å². The smallest absolute Gasteiger partial charge is 0.0881 e. The van der Waals surface area contributed by atoms with E-state index in [-0.39, 0.29) is 0 Å². The number of hydrogen-bond acceptors (Lipinski definition) is 2. The van der Waals surface area contributed by atoms with Crippen molar-refractivity contribution in [2.75, 3.05) is 5.32 Å². The molecule has 1 aliphatic rings. The van der Waals surface area contributed by atoms with E-state index < -0.39 is 0 Å². The summed E-state index contributed by atoms with van der Waals surface area (Å²) in [7, 11) is 0. The molecule has 1 fully saturated rings. The highest BCUT2D eigenvalue weighted by molar-refractivity contribution is 5.90. The molecule has 0 spiro atoms. The SMILES string of the molecule is CCC1CCCCC1Nc1cccc2cn[nH]c12. The van der Waals surface area contributed by atoms with E-state index in [0.717, 1.165) is 11.4 Å². The van der Waals surface area contributed by atoms with E-state index >= 15 is 0 Å². The third-order valence-electron chi connectivity index (χ3n) is 4.25. The lowest BCUT2D eigenvalue weighted by molar-refractivity contribution is 0.317. The van der Waals surface area contributed by atoms with Gasteiger partial charge < -0.3 is 5.32 Å². The quantitative estimate of drug-likeness (QED) is 0.857. The zero-order valence-corrected chi connectivity index (χ0v) is 10.9. The first-order chi connectivity index (χ1) is 8.88. The van der Waals surface area contributed by atoms with E-state index in [1.165, 1.54) is 43.2 Å². The van der Waals surface area contributed by atoms with Gasteiger partial charge in [-0.05, 0) is 24.8 Å². The van der Waals surface area contributed by atoms with Gasteiger partial charge >= 0.3 is 0 Å². The summed E-state index contributed by atoms with van der Waals surface area (Å²) in [5.41, 5.74) is 2.34. The fraction of sp³-hybridized carbons (Fsp3) is 0.533. The van der Waals surface area contributed by atoms with Crippen LogP contribution in [0.4, 0.5) is 5.69 Å². The summed E-state index contributed by atoms with van der Waals surface area (Å²) in [6.07, 6.45) is 8.57. The van der Waals surface area contributed by atoms with E-state index in [9.17, 15) is 0 Å². The van der Waals surface area contributed by atoms with Crippen molar-refractivity contribution < 1.29 is 0 Å². The number of rotatable bonds is 3. The molecule has 2 unspecified atom stereocenters. The molecule has 0 bridgehead atoms. The maximum Gasteiger partial charge on any atom is 0.0881 e. The molecule has 2 N–H and O–H groups in total. The van der Waals surface area contributed by atoms with Crippen LogP contribution in [-0.2, 0) is 0 Å². The number of anilines is 1. The predicted octanol–water partition coefficient (Wildman–Crippen LogP) is 3.94. The molecule has 3 nitrogen and oxygen atoms in total. The van der Waals surface area contributed by atoms with Gasteiger partial charge in [-0.3, -0.25) is 5.10 Å². The average molecular weight is 243 g/mol. The van der Waals surface area contributed by atoms with Gasteiger partial charge in [0, 0.05) is 11.4 Å². The van der Waals surface area contributed by atoms with Gasteiger partial charge in [0.25, 0.3) is 0 Å². The summed E-state index contributed by atoms with van der Waals surface area (Å²) >= 11 is 0. The van der Waals surface area contributed by atoms with Crippen LogP contribution in [0.25, 0.3) is 10.9 Å². The number of nitrogens with one attached hydrogen (secondary N) is 2. The fourth-order valence-corrected chi connectivity index (χ4v) is 3.18. The Balaban J connectivity index is 1.84. The molecule has 1 aliphatic carbocycles. The molecule has 0 aliphatic heterocycles. The topological polar surface area (TPSA) is 40.7 Å². The highest BCUT2D eigenvalue weighted by atomic mass is 15.1. The third-order valence-corrected chi connectivity index (χ3v) is 4.25. The van der Waals surface area contributed by atoms with Gasteiger partial charge in [0.2, 0.25) is 0 Å². The third kappa shape index (κ3) is 2.09. The Bertz CT molecular complexity index is 517. The number of para-hydroxylation sites is 1. The van der Waals surface area contributed by atoms with Crippen molar-refractivity contribution in [2.45, 2.75) is 45.1 Å². The number of aromatic nitrogens is 2. The largest absolute Gasteiger partial charge is 0.380 e. The Morgan fingerprint density at radius 1 is 1.33 bits per heavy atom. The number of H-pyrrole nitrogens is 1. The van der Waals surface area contributed by atoms with Gasteiger partial charge in [-0.15, -0.1) is 0 Å². The van der Waals surface area contributed by atoms with E-state index in [0.29, 0.717) is 6.04 Å². The first-order valence-corrected chi connectivity index (χ1v) is 7.07. The van der Waals surface area contributed by atoms with Crippen LogP contribution in [-0.4, -0.2) is 16.2 Å². The molecule has 1 saturated carbocycles. The molecule has 3 heteroatoms. The van der Waals surface area contributed by atoms with Crippen LogP contribution >= 0.6 is 0 Å². The second-order valence-corrected chi connectivity index (χ2v) is 5.34. The minimum absolute atomic E-state index is 0.623. The Hall–Kier alpha value is -1.51. The minimum Gasteiger partial charge on any atom is -0.380 e. The van der Waals surface area contributed by atoms with E-state index in [1.807, 2.05) is 6.20 Å². The van der Waals surface area contributed by atoms with Crippen LogP contribution in [0.2, 0.25) is 0 Å². The maximum atomic E-state index is 4.13. The highest BCUT2D eigenvalue weighted by Crippen LogP contribution is 2.31. The van der Waals surface area contributed by atoms with Gasteiger partial charge in [0.05, 0.1) is 17.4 Å². The normalized spacial score (nSPS) is 24.3. The average Bonchev–Trinajstić information content (AvgIpc) is 2.89. The number of hydrogen-bond donors (Lipinski definition) is 2. The van der Waals surface area contributed by atoms with E-state index in [2.05, 4.69) is 40.6 Å². The Kier molecular flexibility index (Phi) is 3.22. The van der Waals surface area contributed by atoms with Gasteiger partial charge in [0.15, 0.2) is 0 Å². The van der Waals surface area contributed by atoms with Crippen molar-refractivity contribution in [2.24, 2.45) is 5.92 Å². The molecular formula is C15H21N3. The molecule has 96 valence electrons. The van der Waals surface area contributed by atoms with Crippen molar-refractivity contribution >= 4 is 16.6 Å². The van der Waals surface area contributed by atoms with Crippen LogP contribution < -0.4 is 5.32 Å². The lowest BCUT2D eigenvalue weighted by Gasteiger charge is -2.32. The van der Waals surface area contributed by atoms with Crippen LogP contribution in [0.15, 0.2) is 24.4 Å². The first-order valence-electron chi connectivity index (χ1n) is 7.07. The number of benzene rings is 1. The molecule has 1 aromatic heterocycles. The summed E-state index contributed by atoms with van der Waals surface area (Å²) in [4.78, 5) is 0. The van der Waals surface area contributed by atoms with Crippen LogP contribution in [0.5, 0.6) is 0 Å². The highest BCUT2D eigenvalue weighted by Gasteiger charge is 2.23. The molecule has 0 radical (unpaired) electrons. The summed E-state index contributed by atoms with van der Waals surface area (Å²) < 4.78 is 0. The maximum absolute atomic E-state index is 4.13. The Morgan fingerprint density at radius 2 is 2.22 bits per heavy atom. The minimum atomic E-state index is 0.623. The molecule has 0 saturated heterocycles. The molecule has 1 aromatic carbocycles. The van der Waals surface area contributed by atoms with Gasteiger partial charge in [-0.25, -0.2) is 0 Å². The van der Waals surface area contributed by atoms with Gasteiger partial charge in [0.1, 0.15) is 0 Å². The number of aromatic amines is 1. The summed E-state index contributed by atoms with van der Waals surface area (Å²) in [6.45, 7) is 2.31. The van der Waals surface area contributed by atoms with Crippen LogP contribution in [0.1, 0.15) is 39.0 Å². The summed E-state index contributed by atoms with van der Waals surface area (Å²) in [6, 6.07) is 6.98. The molecule has 2 atom stereocenters. The summed E-state index contributed by atoms with van der Waals surface area (Å²) in [5, 5.41) is 12.2. The zero-order chi connectivity index (χ0) is 12.4. The molecule has 1 heterocycles. The van der Waals surface area contributed by atoms with Crippen molar-refractivity contribution in [3.05, 3.63) is 24.4 Å². The lowest BCUT2D eigenvalue weighted by atomic mass is 9.83. The van der Waals surface area contributed by atoms with Crippen molar-refractivity contribution in [3.8, 4) is 0 Å². The van der Waals surface area contributed by atoms with Crippen molar-refractivity contribution in [1.29, 1.82) is 0 Å². The standard InChI is InChI=1S/C15H21N3/c1-2-11-6-3-4-8-13(11)17-14-9-5-7-12-10-16-18-15(12)14/h5,7,9-11,13,17H,2-4,6,8H2,1H3,(H,16,18). The molecular weight excluding hydrogens is 222 g/mol. The number of nitrogens with zero attached hydrogens (tertiary/aromatic N) is 1. The second-order valence-electron chi connectivity index (χ2n) is 5.34. The predicted molar refractivity (Wildman–Crippen MR) is 75.8 cm³/mol. The lowest BCUT2D eigenvalue weighted by Crippen LogP contribution is -2.31. The van der Waals surface area contributed by atoms with Crippen molar-refractivity contribution in [1.82, 2.24) is 10.2 Å². The monoisotopic (exact) mass is 243 g/mol.